The maximum Gasteiger partial charge on any atom is 0.312 e. The van der Waals surface area contributed by atoms with Gasteiger partial charge in [0.25, 0.3) is 0 Å². The first-order valence-corrected chi connectivity index (χ1v) is 5.51. The Balaban J connectivity index is 2.12. The largest absolute Gasteiger partial charge is 0.490 e. The second-order valence-electron chi connectivity index (χ2n) is 3.88. The molecule has 0 radical (unpaired) electrons. The van der Waals surface area contributed by atoms with Crippen molar-refractivity contribution in [2.45, 2.75) is 6.54 Å². The van der Waals surface area contributed by atoms with Crippen LogP contribution in [0.4, 0.5) is 11.4 Å². The highest BCUT2D eigenvalue weighted by Gasteiger charge is 2.15. The number of nitrogens with one attached hydrogen (secondary N) is 1. The number of anilines is 1. The first-order valence-electron chi connectivity index (χ1n) is 5.51. The van der Waals surface area contributed by atoms with Crippen molar-refractivity contribution < 1.29 is 9.66 Å². The predicted octanol–water partition coefficient (Wildman–Crippen LogP) is 1.34. The summed E-state index contributed by atoms with van der Waals surface area (Å²) in [6.45, 7) is 0.442. The fraction of sp³-hybridized carbons (Fsp3) is 0.273. The van der Waals surface area contributed by atoms with E-state index in [-0.39, 0.29) is 11.4 Å². The quantitative estimate of drug-likeness (QED) is 0.646. The molecule has 1 aromatic heterocycles. The summed E-state index contributed by atoms with van der Waals surface area (Å²) in [5, 5.41) is 21.6. The first-order chi connectivity index (χ1) is 9.10. The molecule has 2 aromatic rings. The topological polar surface area (TPSA) is 95.1 Å². The summed E-state index contributed by atoms with van der Waals surface area (Å²) in [5.74, 6) is 0.232. The number of rotatable bonds is 5. The summed E-state index contributed by atoms with van der Waals surface area (Å²) >= 11 is 0. The molecule has 0 amide bonds. The van der Waals surface area contributed by atoms with Crippen molar-refractivity contribution in [3.05, 3.63) is 40.2 Å². The monoisotopic (exact) mass is 263 g/mol. The smallest absolute Gasteiger partial charge is 0.312 e. The minimum Gasteiger partial charge on any atom is -0.490 e. The number of nitro groups is 1. The summed E-state index contributed by atoms with van der Waals surface area (Å²) in [6.07, 6.45) is 1.77. The van der Waals surface area contributed by atoms with Gasteiger partial charge in [0.15, 0.2) is 5.75 Å². The number of methoxy groups -OCH3 is 1. The minimum atomic E-state index is -0.480. The highest BCUT2D eigenvalue weighted by atomic mass is 16.6. The summed E-state index contributed by atoms with van der Waals surface area (Å²) in [6, 6.07) is 4.69. The van der Waals surface area contributed by atoms with E-state index in [4.69, 9.17) is 4.74 Å². The van der Waals surface area contributed by atoms with Crippen LogP contribution < -0.4 is 10.1 Å². The van der Waals surface area contributed by atoms with E-state index >= 15 is 0 Å². The van der Waals surface area contributed by atoms with Crippen molar-refractivity contribution in [2.24, 2.45) is 7.05 Å². The van der Waals surface area contributed by atoms with E-state index in [0.29, 0.717) is 12.2 Å². The third-order valence-corrected chi connectivity index (χ3v) is 2.50. The molecule has 0 saturated carbocycles. The van der Waals surface area contributed by atoms with Crippen LogP contribution in [0.3, 0.4) is 0 Å². The highest BCUT2D eigenvalue weighted by Crippen LogP contribution is 2.29. The summed E-state index contributed by atoms with van der Waals surface area (Å²) in [5.41, 5.74) is 1.30. The van der Waals surface area contributed by atoms with E-state index in [1.807, 2.05) is 0 Å². The number of hydrogen-bond acceptors (Lipinski definition) is 6. The molecule has 0 saturated heterocycles. The van der Waals surface area contributed by atoms with Gasteiger partial charge in [-0.15, -0.1) is 5.10 Å². The van der Waals surface area contributed by atoms with Crippen molar-refractivity contribution in [3.8, 4) is 5.75 Å². The molecular weight excluding hydrogens is 250 g/mol. The van der Waals surface area contributed by atoms with Crippen molar-refractivity contribution in [1.29, 1.82) is 0 Å². The van der Waals surface area contributed by atoms with Gasteiger partial charge in [0.05, 0.1) is 18.6 Å². The van der Waals surface area contributed by atoms with E-state index in [2.05, 4.69) is 15.6 Å². The molecule has 0 atom stereocenters. The van der Waals surface area contributed by atoms with Crippen LogP contribution >= 0.6 is 0 Å². The number of hydrogen-bond donors (Lipinski definition) is 1. The molecule has 2 rings (SSSR count). The van der Waals surface area contributed by atoms with Gasteiger partial charge in [-0.2, -0.15) is 0 Å². The molecule has 0 aliphatic rings. The van der Waals surface area contributed by atoms with Gasteiger partial charge in [-0.25, -0.2) is 0 Å². The average molecular weight is 263 g/mol. The van der Waals surface area contributed by atoms with Crippen molar-refractivity contribution in [3.63, 3.8) is 0 Å². The molecule has 0 aliphatic heterocycles. The second-order valence-corrected chi connectivity index (χ2v) is 3.88. The molecule has 1 aromatic carbocycles. The number of aryl methyl sites for hydroxylation is 1. The molecule has 100 valence electrons. The minimum absolute atomic E-state index is 0.0772. The number of nitrogens with zero attached hydrogens (tertiary/aromatic N) is 4. The molecule has 1 N–H and O–H groups in total. The lowest BCUT2D eigenvalue weighted by atomic mass is 10.2. The maximum absolute atomic E-state index is 10.9. The fourth-order valence-electron chi connectivity index (χ4n) is 1.61. The zero-order valence-electron chi connectivity index (χ0n) is 10.5. The molecule has 0 aliphatic carbocycles. The Kier molecular flexibility index (Phi) is 3.60. The van der Waals surface area contributed by atoms with Crippen LogP contribution in [0.15, 0.2) is 24.4 Å². The number of benzene rings is 1. The van der Waals surface area contributed by atoms with E-state index in [9.17, 15) is 10.1 Å². The van der Waals surface area contributed by atoms with Crippen LogP contribution in [-0.2, 0) is 13.6 Å². The Bertz CT molecular complexity index is 596. The van der Waals surface area contributed by atoms with Crippen LogP contribution in [0, 0.1) is 10.1 Å². The molecule has 19 heavy (non-hydrogen) atoms. The lowest BCUT2D eigenvalue weighted by Crippen LogP contribution is -2.01. The standard InChI is InChI=1S/C11H13N5O3/c1-15-7-9(13-14-15)6-12-8-3-4-11(19-2)10(5-8)16(17)18/h3-5,7,12H,6H2,1-2H3. The zero-order chi connectivity index (χ0) is 13.8. The number of nitro benzene ring substituents is 1. The van der Waals surface area contributed by atoms with E-state index in [1.165, 1.54) is 13.2 Å². The Morgan fingerprint density at radius 2 is 2.32 bits per heavy atom. The Hall–Kier alpha value is -2.64. The fourth-order valence-corrected chi connectivity index (χ4v) is 1.61. The van der Waals surface area contributed by atoms with Crippen molar-refractivity contribution in [1.82, 2.24) is 15.0 Å². The van der Waals surface area contributed by atoms with Gasteiger partial charge in [0.2, 0.25) is 0 Å². The van der Waals surface area contributed by atoms with Gasteiger partial charge in [0.1, 0.15) is 5.69 Å². The molecule has 8 heteroatoms. The van der Waals surface area contributed by atoms with Crippen LogP contribution in [0.5, 0.6) is 5.75 Å². The summed E-state index contributed by atoms with van der Waals surface area (Å²) < 4.78 is 6.52. The maximum atomic E-state index is 10.9. The number of ether oxygens (including phenoxy) is 1. The van der Waals surface area contributed by atoms with Crippen LogP contribution in [0.1, 0.15) is 5.69 Å². The normalized spacial score (nSPS) is 10.2. The lowest BCUT2D eigenvalue weighted by molar-refractivity contribution is -0.385. The molecule has 0 bridgehead atoms. The molecule has 1 heterocycles. The summed E-state index contributed by atoms with van der Waals surface area (Å²) in [7, 11) is 3.17. The Morgan fingerprint density at radius 3 is 2.89 bits per heavy atom. The highest BCUT2D eigenvalue weighted by molar-refractivity contribution is 5.58. The van der Waals surface area contributed by atoms with Gasteiger partial charge in [-0.1, -0.05) is 5.21 Å². The van der Waals surface area contributed by atoms with Gasteiger partial charge in [0, 0.05) is 25.0 Å². The van der Waals surface area contributed by atoms with E-state index in [0.717, 1.165) is 5.69 Å². The van der Waals surface area contributed by atoms with E-state index < -0.39 is 4.92 Å². The molecule has 0 spiro atoms. The predicted molar refractivity (Wildman–Crippen MR) is 68.0 cm³/mol. The molecule has 0 fully saturated rings. The van der Waals surface area contributed by atoms with Gasteiger partial charge in [-0.05, 0) is 12.1 Å². The zero-order valence-corrected chi connectivity index (χ0v) is 10.5. The third kappa shape index (κ3) is 2.97. The first kappa shape index (κ1) is 12.8. The lowest BCUT2D eigenvalue weighted by Gasteiger charge is -2.06. The molecule has 8 nitrogen and oxygen atoms in total. The average Bonchev–Trinajstić information content (AvgIpc) is 2.81. The Labute approximate surface area is 109 Å². The number of aromatic nitrogens is 3. The van der Waals surface area contributed by atoms with Crippen molar-refractivity contribution >= 4 is 11.4 Å². The van der Waals surface area contributed by atoms with Crippen LogP contribution in [0.25, 0.3) is 0 Å². The Morgan fingerprint density at radius 1 is 1.53 bits per heavy atom. The SMILES string of the molecule is COc1ccc(NCc2cn(C)nn2)cc1[N+](=O)[O-]. The van der Waals surface area contributed by atoms with E-state index in [1.54, 1.807) is 30.1 Å². The third-order valence-electron chi connectivity index (χ3n) is 2.50. The summed E-state index contributed by atoms with van der Waals surface area (Å²) in [4.78, 5) is 10.4. The molecule has 0 unspecified atom stereocenters. The van der Waals surface area contributed by atoms with Gasteiger partial charge in [-0.3, -0.25) is 14.8 Å². The van der Waals surface area contributed by atoms with Crippen LogP contribution in [0.2, 0.25) is 0 Å². The molecular formula is C11H13N5O3. The van der Waals surface area contributed by atoms with Crippen LogP contribution in [-0.4, -0.2) is 27.0 Å². The van der Waals surface area contributed by atoms with Gasteiger partial charge >= 0.3 is 5.69 Å². The van der Waals surface area contributed by atoms with Crippen molar-refractivity contribution in [2.75, 3.05) is 12.4 Å². The second kappa shape index (κ2) is 5.34. The van der Waals surface area contributed by atoms with Gasteiger partial charge < -0.3 is 10.1 Å².